The zero-order valence-corrected chi connectivity index (χ0v) is 13.7. The van der Waals surface area contributed by atoms with Crippen LogP contribution in [0.3, 0.4) is 0 Å². The van der Waals surface area contributed by atoms with Gasteiger partial charge in [0.2, 0.25) is 5.91 Å². The number of carboxylic acids is 1. The number of amides is 1. The molecule has 1 amide bonds. The van der Waals surface area contributed by atoms with Crippen molar-refractivity contribution < 1.29 is 19.4 Å². The molecule has 22 heavy (non-hydrogen) atoms. The largest absolute Gasteiger partial charge is 0.479 e. The molecule has 1 unspecified atom stereocenters. The van der Waals surface area contributed by atoms with E-state index in [1.165, 1.54) is 11.1 Å². The Hall–Kier alpha value is -1.53. The summed E-state index contributed by atoms with van der Waals surface area (Å²) in [5.41, 5.74) is 1.22. The maximum absolute atomic E-state index is 12.0. The minimum Gasteiger partial charge on any atom is -0.479 e. The van der Waals surface area contributed by atoms with Gasteiger partial charge in [-0.15, -0.1) is 11.8 Å². The lowest BCUT2D eigenvalue weighted by atomic mass is 9.99. The minimum atomic E-state index is -1.25. The van der Waals surface area contributed by atoms with E-state index in [-0.39, 0.29) is 18.9 Å². The summed E-state index contributed by atoms with van der Waals surface area (Å²) in [5.74, 6) is -0.658. The van der Waals surface area contributed by atoms with Crippen molar-refractivity contribution in [3.8, 4) is 0 Å². The van der Waals surface area contributed by atoms with Gasteiger partial charge >= 0.3 is 5.97 Å². The maximum atomic E-state index is 12.0. The summed E-state index contributed by atoms with van der Waals surface area (Å²) < 4.78 is 5.12. The molecule has 0 spiro atoms. The molecule has 0 aromatic heterocycles. The van der Waals surface area contributed by atoms with Gasteiger partial charge in [-0.05, 0) is 37.1 Å². The molecule has 2 N–H and O–H groups in total. The number of aryl methyl sites for hydroxylation is 2. The molecule has 1 aliphatic rings. The van der Waals surface area contributed by atoms with Crippen molar-refractivity contribution in [2.45, 2.75) is 37.1 Å². The number of carboxylic acid groups (broad SMARTS) is 1. The molecule has 1 atom stereocenters. The Balaban J connectivity index is 1.82. The summed E-state index contributed by atoms with van der Waals surface area (Å²) in [4.78, 5) is 24.4. The highest BCUT2D eigenvalue weighted by Crippen LogP contribution is 2.23. The number of thioether (sulfide) groups is 1. The number of rotatable bonds is 6. The lowest BCUT2D eigenvalue weighted by Gasteiger charge is -2.23. The standard InChI is InChI=1S/C16H21NO4S/c1-11-3-4-13(9-12(11)2)22-8-5-14(18)17-16(15(19)20)6-7-21-10-16/h3-4,9H,5-8,10H2,1-2H3,(H,17,18)(H,19,20). The topological polar surface area (TPSA) is 75.6 Å². The van der Waals surface area contributed by atoms with Gasteiger partial charge in [-0.2, -0.15) is 0 Å². The summed E-state index contributed by atoms with van der Waals surface area (Å²) in [6.07, 6.45) is 0.602. The van der Waals surface area contributed by atoms with Gasteiger partial charge < -0.3 is 15.2 Å². The highest BCUT2D eigenvalue weighted by molar-refractivity contribution is 7.99. The maximum Gasteiger partial charge on any atom is 0.331 e. The molecule has 120 valence electrons. The van der Waals surface area contributed by atoms with E-state index in [0.29, 0.717) is 18.8 Å². The Morgan fingerprint density at radius 3 is 2.73 bits per heavy atom. The predicted molar refractivity (Wildman–Crippen MR) is 85.2 cm³/mol. The summed E-state index contributed by atoms with van der Waals surface area (Å²) in [5, 5.41) is 11.9. The number of aliphatic carboxylic acids is 1. The van der Waals surface area contributed by atoms with Crippen LogP contribution in [0.4, 0.5) is 0 Å². The molecule has 5 nitrogen and oxygen atoms in total. The Morgan fingerprint density at radius 1 is 1.36 bits per heavy atom. The van der Waals surface area contributed by atoms with E-state index in [1.807, 2.05) is 6.07 Å². The van der Waals surface area contributed by atoms with Gasteiger partial charge in [0.25, 0.3) is 0 Å². The molecule has 6 heteroatoms. The Kier molecular flexibility index (Phi) is 5.47. The van der Waals surface area contributed by atoms with Crippen LogP contribution in [0.2, 0.25) is 0 Å². The van der Waals surface area contributed by atoms with Crippen LogP contribution in [-0.4, -0.2) is 41.5 Å². The number of carbonyl (C=O) groups excluding carboxylic acids is 1. The molecule has 0 radical (unpaired) electrons. The molecule has 0 aliphatic carbocycles. The Morgan fingerprint density at radius 2 is 2.14 bits per heavy atom. The highest BCUT2D eigenvalue weighted by Gasteiger charge is 2.43. The van der Waals surface area contributed by atoms with Crippen molar-refractivity contribution in [2.75, 3.05) is 19.0 Å². The Labute approximate surface area is 134 Å². The molecular formula is C16H21NO4S. The van der Waals surface area contributed by atoms with Gasteiger partial charge in [0.05, 0.1) is 6.61 Å². The van der Waals surface area contributed by atoms with E-state index in [1.54, 1.807) is 11.8 Å². The molecular weight excluding hydrogens is 302 g/mol. The second-order valence-electron chi connectivity index (χ2n) is 5.58. The number of ether oxygens (including phenoxy) is 1. The number of nitrogens with one attached hydrogen (secondary N) is 1. The normalized spacial score (nSPS) is 20.8. The highest BCUT2D eigenvalue weighted by atomic mass is 32.2. The molecule has 1 aromatic carbocycles. The summed E-state index contributed by atoms with van der Waals surface area (Å²) in [6, 6.07) is 6.20. The minimum absolute atomic E-state index is 0.0401. The number of hydrogen-bond donors (Lipinski definition) is 2. The van der Waals surface area contributed by atoms with Crippen molar-refractivity contribution in [1.82, 2.24) is 5.32 Å². The van der Waals surface area contributed by atoms with E-state index in [9.17, 15) is 14.7 Å². The molecule has 0 saturated carbocycles. The van der Waals surface area contributed by atoms with Crippen LogP contribution in [0.1, 0.15) is 24.0 Å². The van der Waals surface area contributed by atoms with Crippen molar-refractivity contribution in [1.29, 1.82) is 0 Å². The van der Waals surface area contributed by atoms with E-state index in [0.717, 1.165) is 4.90 Å². The zero-order valence-electron chi connectivity index (χ0n) is 12.8. The van der Waals surface area contributed by atoms with Gasteiger partial charge in [0, 0.05) is 30.1 Å². The van der Waals surface area contributed by atoms with Crippen molar-refractivity contribution in [3.63, 3.8) is 0 Å². The quantitative estimate of drug-likeness (QED) is 0.785. The lowest BCUT2D eigenvalue weighted by molar-refractivity contribution is -0.147. The predicted octanol–water partition coefficient (Wildman–Crippen LogP) is 2.15. The second kappa shape index (κ2) is 7.15. The van der Waals surface area contributed by atoms with E-state index < -0.39 is 11.5 Å². The van der Waals surface area contributed by atoms with Crippen LogP contribution in [0.15, 0.2) is 23.1 Å². The van der Waals surface area contributed by atoms with Crippen LogP contribution in [0, 0.1) is 13.8 Å². The average molecular weight is 323 g/mol. The second-order valence-corrected chi connectivity index (χ2v) is 6.75. The zero-order chi connectivity index (χ0) is 16.2. The fraction of sp³-hybridized carbons (Fsp3) is 0.500. The first-order chi connectivity index (χ1) is 10.4. The fourth-order valence-corrected chi connectivity index (χ4v) is 3.23. The van der Waals surface area contributed by atoms with Crippen LogP contribution in [0.5, 0.6) is 0 Å². The summed E-state index contributed by atoms with van der Waals surface area (Å²) in [6.45, 7) is 4.53. The SMILES string of the molecule is Cc1ccc(SCCC(=O)NC2(C(=O)O)CCOC2)cc1C. The van der Waals surface area contributed by atoms with E-state index in [2.05, 4.69) is 31.3 Å². The molecule has 1 saturated heterocycles. The number of carbonyl (C=O) groups is 2. The molecule has 0 bridgehead atoms. The van der Waals surface area contributed by atoms with Crippen molar-refractivity contribution >= 4 is 23.6 Å². The Bertz CT molecular complexity index is 567. The summed E-state index contributed by atoms with van der Waals surface area (Å²) in [7, 11) is 0. The van der Waals surface area contributed by atoms with Crippen LogP contribution in [-0.2, 0) is 14.3 Å². The third-order valence-electron chi connectivity index (χ3n) is 3.89. The first-order valence-electron chi connectivity index (χ1n) is 7.25. The molecule has 2 rings (SSSR count). The average Bonchev–Trinajstić information content (AvgIpc) is 2.92. The smallest absolute Gasteiger partial charge is 0.331 e. The van der Waals surface area contributed by atoms with E-state index >= 15 is 0 Å². The van der Waals surface area contributed by atoms with E-state index in [4.69, 9.17) is 4.74 Å². The molecule has 1 aliphatic heterocycles. The first-order valence-corrected chi connectivity index (χ1v) is 8.24. The number of hydrogen-bond acceptors (Lipinski definition) is 4. The van der Waals surface area contributed by atoms with Crippen molar-refractivity contribution in [2.24, 2.45) is 0 Å². The lowest BCUT2D eigenvalue weighted by Crippen LogP contribution is -2.55. The van der Waals surface area contributed by atoms with Gasteiger partial charge in [-0.3, -0.25) is 4.79 Å². The van der Waals surface area contributed by atoms with Gasteiger partial charge in [0.1, 0.15) is 0 Å². The molecule has 1 aromatic rings. The molecule has 1 heterocycles. The third kappa shape index (κ3) is 4.01. The van der Waals surface area contributed by atoms with Gasteiger partial charge in [-0.25, -0.2) is 4.79 Å². The van der Waals surface area contributed by atoms with Gasteiger partial charge in [-0.1, -0.05) is 6.07 Å². The van der Waals surface area contributed by atoms with Crippen LogP contribution in [0.25, 0.3) is 0 Å². The van der Waals surface area contributed by atoms with Crippen molar-refractivity contribution in [3.05, 3.63) is 29.3 Å². The summed E-state index contributed by atoms with van der Waals surface area (Å²) >= 11 is 1.60. The van der Waals surface area contributed by atoms with Gasteiger partial charge in [0.15, 0.2) is 5.54 Å². The van der Waals surface area contributed by atoms with Crippen LogP contribution < -0.4 is 5.32 Å². The molecule has 1 fully saturated rings. The third-order valence-corrected chi connectivity index (χ3v) is 4.88. The fourth-order valence-electron chi connectivity index (χ4n) is 2.28. The van der Waals surface area contributed by atoms with Crippen LogP contribution >= 0.6 is 11.8 Å². The first kappa shape index (κ1) is 16.8. The number of benzene rings is 1. The monoisotopic (exact) mass is 323 g/mol.